The standard InChI is InChI=1S/C31H32F3N3O5S.CH4/c32-31(33,34)43-26-16-12-24(13-17-26)36-30(42)37(25-14-10-22(11-15-25)21-4-2-1-3-5-21)19-20-6-8-23(9-7-20)28(39)35-18-27(38)29(40)41;/h6-17,21,27,38H,1-5,18-19H2,(H,35,39)(H,36,42)(H,40,41);1H4/t27-;/m1./s1. The summed E-state index contributed by atoms with van der Waals surface area (Å²) >= 11 is -0.235. The number of hydrogen-bond donors (Lipinski definition) is 4. The van der Waals surface area contributed by atoms with E-state index in [1.54, 1.807) is 12.1 Å². The molecule has 0 aromatic heterocycles. The second kappa shape index (κ2) is 15.6. The van der Waals surface area contributed by atoms with E-state index in [0.717, 1.165) is 12.8 Å². The number of aliphatic hydroxyl groups excluding tert-OH is 1. The van der Waals surface area contributed by atoms with Gasteiger partial charge in [-0.2, -0.15) is 13.2 Å². The molecule has 3 amide bonds. The van der Waals surface area contributed by atoms with Crippen molar-refractivity contribution in [1.29, 1.82) is 0 Å². The molecule has 0 unspecified atom stereocenters. The molecule has 3 aromatic rings. The number of carboxylic acid groups (broad SMARTS) is 1. The summed E-state index contributed by atoms with van der Waals surface area (Å²) in [6.07, 6.45) is 4.15. The molecule has 0 saturated heterocycles. The van der Waals surface area contributed by atoms with Crippen molar-refractivity contribution in [2.75, 3.05) is 16.8 Å². The second-order valence-electron chi connectivity index (χ2n) is 10.3. The second-order valence-corrected chi connectivity index (χ2v) is 11.4. The molecule has 1 saturated carbocycles. The number of carbonyl (C=O) groups excluding carboxylic acids is 2. The topological polar surface area (TPSA) is 119 Å². The van der Waals surface area contributed by atoms with E-state index in [2.05, 4.69) is 10.6 Å². The Labute approximate surface area is 258 Å². The van der Waals surface area contributed by atoms with E-state index in [1.165, 1.54) is 66.1 Å². The van der Waals surface area contributed by atoms with Crippen LogP contribution in [0.3, 0.4) is 0 Å². The highest BCUT2D eigenvalue weighted by atomic mass is 32.2. The zero-order chi connectivity index (χ0) is 31.0. The van der Waals surface area contributed by atoms with Gasteiger partial charge in [0.2, 0.25) is 0 Å². The predicted octanol–water partition coefficient (Wildman–Crippen LogP) is 7.40. The van der Waals surface area contributed by atoms with Crippen LogP contribution in [0.15, 0.2) is 77.7 Å². The van der Waals surface area contributed by atoms with Crippen LogP contribution in [-0.4, -0.2) is 46.3 Å². The SMILES string of the molecule is C.O=C(NC[C@@H](O)C(=O)O)c1ccc(CN(C(=O)Nc2ccc(SC(F)(F)F)cc2)c2ccc(C3CCCCC3)cc2)cc1. The maximum absolute atomic E-state index is 13.5. The number of aliphatic hydroxyl groups is 1. The zero-order valence-corrected chi connectivity index (χ0v) is 24.0. The number of carbonyl (C=O) groups is 3. The summed E-state index contributed by atoms with van der Waals surface area (Å²) < 4.78 is 38.1. The average Bonchev–Trinajstić information content (AvgIpc) is 2.99. The highest BCUT2D eigenvalue weighted by Gasteiger charge is 2.29. The molecule has 3 aromatic carbocycles. The summed E-state index contributed by atoms with van der Waals surface area (Å²) in [6, 6.07) is 19.1. The molecule has 0 heterocycles. The molecule has 1 aliphatic rings. The van der Waals surface area contributed by atoms with Gasteiger partial charge in [0.15, 0.2) is 6.10 Å². The largest absolute Gasteiger partial charge is 0.479 e. The third-order valence-electron chi connectivity index (χ3n) is 7.16. The van der Waals surface area contributed by atoms with Gasteiger partial charge in [0.1, 0.15) is 0 Å². The number of anilines is 2. The van der Waals surface area contributed by atoms with E-state index in [4.69, 9.17) is 5.11 Å². The van der Waals surface area contributed by atoms with Crippen LogP contribution in [0.2, 0.25) is 0 Å². The molecule has 12 heteroatoms. The van der Waals surface area contributed by atoms with Gasteiger partial charge in [0.25, 0.3) is 5.91 Å². The van der Waals surface area contributed by atoms with E-state index >= 15 is 0 Å². The van der Waals surface area contributed by atoms with Crippen molar-refractivity contribution in [2.24, 2.45) is 0 Å². The Morgan fingerprint density at radius 2 is 1.52 bits per heavy atom. The normalized spacial score (nSPS) is 14.2. The lowest BCUT2D eigenvalue weighted by Crippen LogP contribution is -2.36. The smallest absolute Gasteiger partial charge is 0.446 e. The molecule has 0 bridgehead atoms. The predicted molar refractivity (Wildman–Crippen MR) is 165 cm³/mol. The number of benzene rings is 3. The van der Waals surface area contributed by atoms with E-state index in [-0.39, 0.29) is 36.2 Å². The number of halogens is 3. The number of nitrogens with zero attached hydrogens (tertiary/aromatic N) is 1. The fraction of sp³-hybridized carbons (Fsp3) is 0.344. The van der Waals surface area contributed by atoms with E-state index in [1.807, 2.05) is 24.3 Å². The molecule has 1 aliphatic carbocycles. The van der Waals surface area contributed by atoms with Crippen LogP contribution in [0.1, 0.15) is 66.9 Å². The molecule has 4 rings (SSSR count). The molecule has 1 atom stereocenters. The Morgan fingerprint density at radius 3 is 2.09 bits per heavy atom. The number of aliphatic carboxylic acids is 1. The van der Waals surface area contributed by atoms with Gasteiger partial charge >= 0.3 is 17.5 Å². The van der Waals surface area contributed by atoms with Gasteiger partial charge in [-0.15, -0.1) is 0 Å². The summed E-state index contributed by atoms with van der Waals surface area (Å²) in [6.45, 7) is -0.327. The molecular formula is C32H36F3N3O5S. The van der Waals surface area contributed by atoms with Crippen molar-refractivity contribution in [2.45, 2.75) is 68.5 Å². The lowest BCUT2D eigenvalue weighted by molar-refractivity contribution is -0.146. The number of urea groups is 1. The van der Waals surface area contributed by atoms with Crippen molar-refractivity contribution in [3.63, 3.8) is 0 Å². The van der Waals surface area contributed by atoms with Crippen LogP contribution in [0.5, 0.6) is 0 Å². The molecule has 44 heavy (non-hydrogen) atoms. The Balaban J connectivity index is 0.00000529. The molecule has 4 N–H and O–H groups in total. The Hall–Kier alpha value is -4.03. The van der Waals surface area contributed by atoms with Crippen molar-refractivity contribution >= 4 is 41.0 Å². The van der Waals surface area contributed by atoms with Crippen LogP contribution in [-0.2, 0) is 11.3 Å². The number of hydrogen-bond acceptors (Lipinski definition) is 5. The molecule has 1 fully saturated rings. The minimum atomic E-state index is -4.42. The van der Waals surface area contributed by atoms with Crippen molar-refractivity contribution in [3.05, 3.63) is 89.5 Å². The third-order valence-corrected chi connectivity index (χ3v) is 7.90. The fourth-order valence-electron chi connectivity index (χ4n) is 4.90. The minimum Gasteiger partial charge on any atom is -0.479 e. The molecule has 0 aliphatic heterocycles. The molecule has 8 nitrogen and oxygen atoms in total. The number of carboxylic acids is 1. The van der Waals surface area contributed by atoms with Crippen LogP contribution in [0.25, 0.3) is 0 Å². The quantitative estimate of drug-likeness (QED) is 0.173. The molecule has 0 radical (unpaired) electrons. The molecule has 236 valence electrons. The summed E-state index contributed by atoms with van der Waals surface area (Å²) in [7, 11) is 0. The number of nitrogens with one attached hydrogen (secondary N) is 2. The van der Waals surface area contributed by atoms with Crippen LogP contribution >= 0.6 is 11.8 Å². The monoisotopic (exact) mass is 631 g/mol. The first-order chi connectivity index (χ1) is 20.5. The van der Waals surface area contributed by atoms with Crippen LogP contribution in [0, 0.1) is 0 Å². The lowest BCUT2D eigenvalue weighted by Gasteiger charge is -2.26. The van der Waals surface area contributed by atoms with Crippen LogP contribution < -0.4 is 15.5 Å². The maximum atomic E-state index is 13.5. The number of thioether (sulfide) groups is 1. The third kappa shape index (κ3) is 10.0. The minimum absolute atomic E-state index is 0. The highest BCUT2D eigenvalue weighted by molar-refractivity contribution is 8.00. The van der Waals surface area contributed by atoms with Gasteiger partial charge in [0.05, 0.1) is 13.1 Å². The average molecular weight is 632 g/mol. The molecular weight excluding hydrogens is 595 g/mol. The Bertz CT molecular complexity index is 1390. The van der Waals surface area contributed by atoms with Gasteiger partial charge < -0.3 is 20.8 Å². The highest BCUT2D eigenvalue weighted by Crippen LogP contribution is 2.37. The lowest BCUT2D eigenvalue weighted by atomic mass is 9.84. The van der Waals surface area contributed by atoms with Gasteiger partial charge in [-0.25, -0.2) is 9.59 Å². The summed E-state index contributed by atoms with van der Waals surface area (Å²) in [5.74, 6) is -1.53. The zero-order valence-electron chi connectivity index (χ0n) is 23.1. The Kier molecular flexibility index (Phi) is 12.2. The van der Waals surface area contributed by atoms with Crippen LogP contribution in [0.4, 0.5) is 29.3 Å². The van der Waals surface area contributed by atoms with Gasteiger partial charge in [-0.1, -0.05) is 51.0 Å². The molecule has 0 spiro atoms. The summed E-state index contributed by atoms with van der Waals surface area (Å²) in [4.78, 5) is 38.1. The van der Waals surface area contributed by atoms with Crippen molar-refractivity contribution in [1.82, 2.24) is 5.32 Å². The number of rotatable bonds is 10. The fourth-order valence-corrected chi connectivity index (χ4v) is 5.44. The summed E-state index contributed by atoms with van der Waals surface area (Å²) in [5.41, 5.74) is -1.33. The Morgan fingerprint density at radius 1 is 0.909 bits per heavy atom. The summed E-state index contributed by atoms with van der Waals surface area (Å²) in [5, 5.41) is 23.3. The first-order valence-corrected chi connectivity index (χ1v) is 14.6. The van der Waals surface area contributed by atoms with E-state index in [9.17, 15) is 32.7 Å². The van der Waals surface area contributed by atoms with Gasteiger partial charge in [-0.3, -0.25) is 9.69 Å². The number of alkyl halides is 3. The van der Waals surface area contributed by atoms with Gasteiger partial charge in [-0.05, 0) is 90.2 Å². The maximum Gasteiger partial charge on any atom is 0.446 e. The van der Waals surface area contributed by atoms with E-state index in [0.29, 0.717) is 22.9 Å². The first kappa shape index (κ1) is 34.5. The number of amides is 3. The van der Waals surface area contributed by atoms with Crippen molar-refractivity contribution in [3.8, 4) is 0 Å². The van der Waals surface area contributed by atoms with E-state index < -0.39 is 36.1 Å². The first-order valence-electron chi connectivity index (χ1n) is 13.8. The van der Waals surface area contributed by atoms with Crippen molar-refractivity contribution < 1.29 is 37.8 Å². The van der Waals surface area contributed by atoms with Gasteiger partial charge in [0, 0.05) is 21.8 Å².